The van der Waals surface area contributed by atoms with Gasteiger partial charge in [-0.1, -0.05) is 31.9 Å². The molecule has 0 atom stereocenters. The highest BCUT2D eigenvalue weighted by Gasteiger charge is 2.51. The van der Waals surface area contributed by atoms with Gasteiger partial charge in [0.05, 0.1) is 5.54 Å². The van der Waals surface area contributed by atoms with Crippen LogP contribution < -0.4 is 5.32 Å². The number of aryl methyl sites for hydroxylation is 1. The van der Waals surface area contributed by atoms with Crippen LogP contribution in [-0.2, 0) is 5.54 Å². The third kappa shape index (κ3) is 3.74. The van der Waals surface area contributed by atoms with E-state index in [9.17, 15) is 9.90 Å². The van der Waals surface area contributed by atoms with E-state index in [0.717, 1.165) is 40.8 Å². The second kappa shape index (κ2) is 6.83. The van der Waals surface area contributed by atoms with Crippen molar-refractivity contribution in [1.82, 2.24) is 10.3 Å². The standard InChI is InChI=1S/C21H20N2O2.C2H6/c1-13-16(6-5-15(22-13)8-9-20(2,3)25)14-4-7-18-17(12-14)19(24)23-21(18)10-11-21;1-2/h4-7,12,25H,10-11H2,1-3H3,(H,23,24);1-2H3. The van der Waals surface area contributed by atoms with Crippen LogP contribution in [0.25, 0.3) is 11.1 Å². The molecular weight excluding hydrogens is 336 g/mol. The Kier molecular flexibility index (Phi) is 4.84. The monoisotopic (exact) mass is 362 g/mol. The summed E-state index contributed by atoms with van der Waals surface area (Å²) < 4.78 is 0. The van der Waals surface area contributed by atoms with E-state index in [2.05, 4.69) is 34.3 Å². The number of rotatable bonds is 1. The van der Waals surface area contributed by atoms with Gasteiger partial charge in [0.15, 0.2) is 0 Å². The molecule has 1 spiro atoms. The topological polar surface area (TPSA) is 62.2 Å². The van der Waals surface area contributed by atoms with Crippen LogP contribution >= 0.6 is 0 Å². The second-order valence-electron chi connectivity index (χ2n) is 7.44. The molecule has 0 unspecified atom stereocenters. The average Bonchev–Trinajstić information content (AvgIpc) is 3.35. The molecule has 0 radical (unpaired) electrons. The Morgan fingerprint density at radius 2 is 1.85 bits per heavy atom. The summed E-state index contributed by atoms with van der Waals surface area (Å²) in [6, 6.07) is 9.90. The van der Waals surface area contributed by atoms with E-state index in [1.165, 1.54) is 0 Å². The molecule has 1 saturated carbocycles. The van der Waals surface area contributed by atoms with Gasteiger partial charge in [-0.25, -0.2) is 4.98 Å². The smallest absolute Gasteiger partial charge is 0.252 e. The van der Waals surface area contributed by atoms with Crippen molar-refractivity contribution >= 4 is 5.91 Å². The van der Waals surface area contributed by atoms with E-state index in [1.807, 2.05) is 39.0 Å². The van der Waals surface area contributed by atoms with E-state index in [1.54, 1.807) is 13.8 Å². The van der Waals surface area contributed by atoms with E-state index >= 15 is 0 Å². The van der Waals surface area contributed by atoms with Gasteiger partial charge in [0.1, 0.15) is 11.3 Å². The van der Waals surface area contributed by atoms with Crippen LogP contribution in [0.3, 0.4) is 0 Å². The molecule has 27 heavy (non-hydrogen) atoms. The molecular formula is C23H26N2O2. The van der Waals surface area contributed by atoms with Gasteiger partial charge in [0.2, 0.25) is 0 Å². The number of nitrogens with one attached hydrogen (secondary N) is 1. The Balaban J connectivity index is 0.00000102. The molecule has 1 amide bonds. The van der Waals surface area contributed by atoms with Gasteiger partial charge in [0, 0.05) is 16.8 Å². The number of aromatic nitrogens is 1. The van der Waals surface area contributed by atoms with Crippen LogP contribution in [0.1, 0.15) is 67.8 Å². The summed E-state index contributed by atoms with van der Waals surface area (Å²) in [5.74, 6) is 5.69. The minimum atomic E-state index is -1.04. The first-order valence-corrected chi connectivity index (χ1v) is 9.48. The summed E-state index contributed by atoms with van der Waals surface area (Å²) in [6.07, 6.45) is 2.06. The fourth-order valence-corrected chi connectivity index (χ4v) is 3.34. The fraction of sp³-hybridized carbons (Fsp3) is 0.391. The molecule has 1 fully saturated rings. The number of carbonyl (C=O) groups is 1. The van der Waals surface area contributed by atoms with Crippen molar-refractivity contribution < 1.29 is 9.90 Å². The third-order valence-corrected chi connectivity index (χ3v) is 4.78. The Bertz CT molecular complexity index is 955. The van der Waals surface area contributed by atoms with E-state index in [0.29, 0.717) is 5.69 Å². The van der Waals surface area contributed by atoms with Gasteiger partial charge >= 0.3 is 0 Å². The zero-order chi connectivity index (χ0) is 19.8. The second-order valence-corrected chi connectivity index (χ2v) is 7.44. The van der Waals surface area contributed by atoms with Crippen LogP contribution in [0.2, 0.25) is 0 Å². The van der Waals surface area contributed by atoms with Crippen molar-refractivity contribution in [3.05, 3.63) is 52.8 Å². The summed E-state index contributed by atoms with van der Waals surface area (Å²) in [5.41, 5.74) is 4.22. The zero-order valence-corrected chi connectivity index (χ0v) is 16.6. The number of fused-ring (bicyclic) bond motifs is 2. The SMILES string of the molecule is CC.Cc1nc(C#CC(C)(C)O)ccc1-c1ccc2c(c1)C(=O)NC21CC1. The van der Waals surface area contributed by atoms with Crippen molar-refractivity contribution in [2.75, 3.05) is 0 Å². The van der Waals surface area contributed by atoms with Crippen molar-refractivity contribution in [3.63, 3.8) is 0 Å². The first-order chi connectivity index (χ1) is 12.8. The lowest BCUT2D eigenvalue weighted by molar-refractivity contribution is 0.0952. The molecule has 1 aromatic carbocycles. The van der Waals surface area contributed by atoms with Gasteiger partial charge in [-0.2, -0.15) is 0 Å². The molecule has 1 aliphatic heterocycles. The number of nitrogens with zero attached hydrogens (tertiary/aromatic N) is 1. The van der Waals surface area contributed by atoms with Crippen LogP contribution in [0.5, 0.6) is 0 Å². The fourth-order valence-electron chi connectivity index (χ4n) is 3.34. The molecule has 0 saturated heterocycles. The number of benzene rings is 1. The zero-order valence-electron chi connectivity index (χ0n) is 16.6. The molecule has 2 heterocycles. The third-order valence-electron chi connectivity index (χ3n) is 4.78. The van der Waals surface area contributed by atoms with Crippen molar-refractivity contribution in [2.24, 2.45) is 0 Å². The van der Waals surface area contributed by atoms with Crippen LogP contribution in [0.4, 0.5) is 0 Å². The van der Waals surface area contributed by atoms with Gasteiger partial charge in [-0.3, -0.25) is 4.79 Å². The van der Waals surface area contributed by atoms with E-state index in [-0.39, 0.29) is 11.4 Å². The van der Waals surface area contributed by atoms with Crippen LogP contribution in [0.15, 0.2) is 30.3 Å². The molecule has 0 bridgehead atoms. The molecule has 2 N–H and O–H groups in total. The predicted molar refractivity (Wildman–Crippen MR) is 107 cm³/mol. The Morgan fingerprint density at radius 1 is 1.15 bits per heavy atom. The molecule has 4 heteroatoms. The lowest BCUT2D eigenvalue weighted by Gasteiger charge is -2.10. The van der Waals surface area contributed by atoms with Crippen molar-refractivity contribution in [1.29, 1.82) is 0 Å². The Labute approximate surface area is 161 Å². The summed E-state index contributed by atoms with van der Waals surface area (Å²) in [4.78, 5) is 16.8. The van der Waals surface area contributed by atoms with Crippen LogP contribution in [0, 0.1) is 18.8 Å². The molecule has 140 valence electrons. The largest absolute Gasteiger partial charge is 0.378 e. The van der Waals surface area contributed by atoms with Gasteiger partial charge < -0.3 is 10.4 Å². The minimum absolute atomic E-state index is 0.0210. The maximum atomic E-state index is 12.3. The minimum Gasteiger partial charge on any atom is -0.378 e. The highest BCUT2D eigenvalue weighted by Crippen LogP contribution is 2.50. The number of aliphatic hydroxyl groups is 1. The normalized spacial score (nSPS) is 15.9. The quantitative estimate of drug-likeness (QED) is 0.756. The summed E-state index contributed by atoms with van der Waals surface area (Å²) >= 11 is 0. The molecule has 1 aliphatic carbocycles. The Hall–Kier alpha value is -2.64. The number of pyridine rings is 1. The number of amides is 1. The molecule has 2 aromatic rings. The number of hydrogen-bond donors (Lipinski definition) is 2. The maximum absolute atomic E-state index is 12.3. The van der Waals surface area contributed by atoms with Gasteiger partial charge in [0.25, 0.3) is 5.91 Å². The lowest BCUT2D eigenvalue weighted by atomic mass is 9.96. The highest BCUT2D eigenvalue weighted by atomic mass is 16.3. The molecule has 4 nitrogen and oxygen atoms in total. The first kappa shape index (κ1) is 19.1. The van der Waals surface area contributed by atoms with Gasteiger partial charge in [-0.15, -0.1) is 0 Å². The maximum Gasteiger partial charge on any atom is 0.252 e. The van der Waals surface area contributed by atoms with E-state index in [4.69, 9.17) is 0 Å². The summed E-state index contributed by atoms with van der Waals surface area (Å²) in [7, 11) is 0. The predicted octanol–water partition coefficient (Wildman–Crippen LogP) is 3.94. The van der Waals surface area contributed by atoms with Crippen molar-refractivity contribution in [3.8, 4) is 23.0 Å². The molecule has 2 aliphatic rings. The first-order valence-electron chi connectivity index (χ1n) is 9.48. The summed E-state index contributed by atoms with van der Waals surface area (Å²) in [6.45, 7) is 9.22. The van der Waals surface area contributed by atoms with Crippen LogP contribution in [-0.4, -0.2) is 21.6 Å². The van der Waals surface area contributed by atoms with E-state index < -0.39 is 5.60 Å². The highest BCUT2D eigenvalue weighted by molar-refractivity contribution is 6.01. The Morgan fingerprint density at radius 3 is 2.44 bits per heavy atom. The molecule has 1 aromatic heterocycles. The van der Waals surface area contributed by atoms with Crippen molar-refractivity contribution in [2.45, 2.75) is 58.6 Å². The number of hydrogen-bond acceptors (Lipinski definition) is 3. The lowest BCUT2D eigenvalue weighted by Crippen LogP contribution is -2.25. The average molecular weight is 362 g/mol. The summed E-state index contributed by atoms with van der Waals surface area (Å²) in [5, 5.41) is 12.8. The number of carbonyl (C=O) groups excluding carboxylic acids is 1. The molecule has 4 rings (SSSR count). The van der Waals surface area contributed by atoms with Gasteiger partial charge in [-0.05, 0) is 68.9 Å².